The fraction of sp³-hybridized carbons (Fsp3) is 0.182. The zero-order chi connectivity index (χ0) is 33.4. The number of amides is 3. The van der Waals surface area contributed by atoms with Crippen molar-refractivity contribution in [3.63, 3.8) is 0 Å². The van der Waals surface area contributed by atoms with Crippen LogP contribution in [-0.4, -0.2) is 60.4 Å². The highest BCUT2D eigenvalue weighted by Gasteiger charge is 2.24. The first-order valence-electron chi connectivity index (χ1n) is 13.7. The Balaban J connectivity index is 1.65. The molecule has 0 radical (unpaired) electrons. The number of carbonyl (C=O) groups excluding carboxylic acids is 3. The van der Waals surface area contributed by atoms with Gasteiger partial charge in [0.1, 0.15) is 34.5 Å². The van der Waals surface area contributed by atoms with Gasteiger partial charge in [0.05, 0.1) is 82.1 Å². The first-order chi connectivity index (χ1) is 22.2. The molecule has 4 rings (SSSR count). The van der Waals surface area contributed by atoms with Crippen LogP contribution >= 0.6 is 0 Å². The molecule has 4 aromatic carbocycles. The minimum absolute atomic E-state index is 0.00938. The summed E-state index contributed by atoms with van der Waals surface area (Å²) in [5, 5.41) is 8.31. The Morgan fingerprint density at radius 2 is 0.891 bits per heavy atom. The second kappa shape index (κ2) is 14.6. The number of methoxy groups -OCH3 is 6. The van der Waals surface area contributed by atoms with Crippen LogP contribution in [-0.2, 0) is 0 Å². The molecule has 0 fully saturated rings. The third-order valence-electron chi connectivity index (χ3n) is 6.88. The van der Waals surface area contributed by atoms with E-state index in [9.17, 15) is 14.4 Å². The maximum Gasteiger partial charge on any atom is 0.259 e. The van der Waals surface area contributed by atoms with Crippen molar-refractivity contribution in [3.05, 3.63) is 83.4 Å². The van der Waals surface area contributed by atoms with Crippen molar-refractivity contribution < 1.29 is 42.8 Å². The highest BCUT2D eigenvalue weighted by atomic mass is 16.5. The Morgan fingerprint density at radius 3 is 1.37 bits per heavy atom. The molecule has 0 aromatic heterocycles. The average molecular weight is 631 g/mol. The number of carbonyl (C=O) groups is 3. The van der Waals surface area contributed by atoms with Crippen LogP contribution in [0.25, 0.3) is 0 Å². The molecule has 13 nitrogen and oxygen atoms in total. The van der Waals surface area contributed by atoms with E-state index in [4.69, 9.17) is 34.2 Å². The first-order valence-corrected chi connectivity index (χ1v) is 13.7. The van der Waals surface area contributed by atoms with Crippen LogP contribution in [0.5, 0.6) is 34.5 Å². The van der Waals surface area contributed by atoms with Gasteiger partial charge in [-0.15, -0.1) is 0 Å². The standard InChI is InChI=1S/C33H34N4O9/c1-41-25-13-8-7-10-18(25)31(38)36-23-15-24(29(45-5)17-28(23)44-4)37-33(40)20-12-9-11-19(30(20)46-6)32(39)35-22-14-21(34)26(42-2)16-27(22)43-3/h7-17H,34H2,1-6H3,(H,35,39)(H,36,38)(H,37,40). The van der Waals surface area contributed by atoms with E-state index in [2.05, 4.69) is 16.0 Å². The number of benzene rings is 4. The summed E-state index contributed by atoms with van der Waals surface area (Å²) in [4.78, 5) is 40.2. The van der Waals surface area contributed by atoms with Gasteiger partial charge in [0.15, 0.2) is 0 Å². The zero-order valence-corrected chi connectivity index (χ0v) is 26.1. The van der Waals surface area contributed by atoms with E-state index < -0.39 is 17.7 Å². The number of anilines is 4. The second-order valence-corrected chi connectivity index (χ2v) is 9.50. The first kappa shape index (κ1) is 32.8. The predicted octanol–water partition coefficient (Wildman–Crippen LogP) is 5.08. The Morgan fingerprint density at radius 1 is 0.478 bits per heavy atom. The third-order valence-corrected chi connectivity index (χ3v) is 6.88. The molecule has 0 unspecified atom stereocenters. The molecule has 0 atom stereocenters. The summed E-state index contributed by atoms with van der Waals surface area (Å²) in [5.41, 5.74) is 7.47. The number of hydrogen-bond acceptors (Lipinski definition) is 10. The van der Waals surface area contributed by atoms with Gasteiger partial charge < -0.3 is 50.1 Å². The van der Waals surface area contributed by atoms with Crippen molar-refractivity contribution in [1.82, 2.24) is 0 Å². The molecule has 5 N–H and O–H groups in total. The Labute approximate surface area is 265 Å². The van der Waals surface area contributed by atoms with Crippen molar-refractivity contribution in [2.75, 3.05) is 64.3 Å². The number of rotatable bonds is 12. The molecule has 4 aromatic rings. The Kier molecular flexibility index (Phi) is 10.4. The maximum atomic E-state index is 13.6. The molecule has 3 amide bonds. The topological polar surface area (TPSA) is 169 Å². The predicted molar refractivity (Wildman–Crippen MR) is 173 cm³/mol. The molecule has 0 aliphatic carbocycles. The number of nitrogens with one attached hydrogen (secondary N) is 3. The van der Waals surface area contributed by atoms with Crippen LogP contribution < -0.4 is 50.1 Å². The molecule has 0 spiro atoms. The zero-order valence-electron chi connectivity index (χ0n) is 26.1. The lowest BCUT2D eigenvalue weighted by atomic mass is 10.1. The maximum absolute atomic E-state index is 13.6. The summed E-state index contributed by atoms with van der Waals surface area (Å²) in [6.07, 6.45) is 0. The summed E-state index contributed by atoms with van der Waals surface area (Å²) in [6, 6.07) is 17.3. The lowest BCUT2D eigenvalue weighted by Crippen LogP contribution is -2.19. The van der Waals surface area contributed by atoms with Crippen LogP contribution in [0.4, 0.5) is 22.7 Å². The van der Waals surface area contributed by atoms with E-state index in [1.54, 1.807) is 30.3 Å². The smallest absolute Gasteiger partial charge is 0.259 e. The van der Waals surface area contributed by atoms with Gasteiger partial charge in [-0.05, 0) is 36.4 Å². The van der Waals surface area contributed by atoms with Gasteiger partial charge in [0.25, 0.3) is 17.7 Å². The van der Waals surface area contributed by atoms with E-state index in [0.717, 1.165) is 0 Å². The molecule has 46 heavy (non-hydrogen) atoms. The Hall–Kier alpha value is -6.11. The summed E-state index contributed by atoms with van der Waals surface area (Å²) in [6.45, 7) is 0. The van der Waals surface area contributed by atoms with Crippen LogP contribution in [0.15, 0.2) is 66.7 Å². The number of para-hydroxylation sites is 2. The molecule has 13 heteroatoms. The van der Waals surface area contributed by atoms with Crippen molar-refractivity contribution >= 4 is 40.5 Å². The van der Waals surface area contributed by atoms with E-state index in [1.165, 1.54) is 79.1 Å². The van der Waals surface area contributed by atoms with Crippen molar-refractivity contribution in [3.8, 4) is 34.5 Å². The van der Waals surface area contributed by atoms with Crippen molar-refractivity contribution in [2.24, 2.45) is 0 Å². The van der Waals surface area contributed by atoms with Gasteiger partial charge in [-0.25, -0.2) is 0 Å². The molecule has 0 bridgehead atoms. The minimum atomic E-state index is -0.622. The number of nitrogen functional groups attached to an aromatic ring is 1. The molecular weight excluding hydrogens is 596 g/mol. The second-order valence-electron chi connectivity index (χ2n) is 9.50. The van der Waals surface area contributed by atoms with Gasteiger partial charge in [-0.1, -0.05) is 18.2 Å². The van der Waals surface area contributed by atoms with E-state index >= 15 is 0 Å². The summed E-state index contributed by atoms with van der Waals surface area (Å²) in [7, 11) is 8.56. The molecule has 0 saturated carbocycles. The lowest BCUT2D eigenvalue weighted by molar-refractivity contribution is 0.101. The Bertz CT molecular complexity index is 1770. The fourth-order valence-electron chi connectivity index (χ4n) is 4.63. The fourth-order valence-corrected chi connectivity index (χ4v) is 4.63. The van der Waals surface area contributed by atoms with Crippen LogP contribution in [0.2, 0.25) is 0 Å². The molecule has 0 aliphatic heterocycles. The summed E-state index contributed by atoms with van der Waals surface area (Å²) >= 11 is 0. The quantitative estimate of drug-likeness (QED) is 0.155. The monoisotopic (exact) mass is 630 g/mol. The van der Waals surface area contributed by atoms with Gasteiger partial charge in [0, 0.05) is 12.1 Å². The molecule has 0 aliphatic rings. The van der Waals surface area contributed by atoms with Crippen LogP contribution in [0.1, 0.15) is 31.1 Å². The van der Waals surface area contributed by atoms with E-state index in [-0.39, 0.29) is 51.1 Å². The van der Waals surface area contributed by atoms with Gasteiger partial charge in [0.2, 0.25) is 0 Å². The van der Waals surface area contributed by atoms with Gasteiger partial charge in [-0.3, -0.25) is 14.4 Å². The van der Waals surface area contributed by atoms with Crippen molar-refractivity contribution in [2.45, 2.75) is 0 Å². The minimum Gasteiger partial charge on any atom is -0.496 e. The molecule has 0 saturated heterocycles. The highest BCUT2D eigenvalue weighted by molar-refractivity contribution is 6.13. The number of ether oxygens (including phenoxy) is 6. The average Bonchev–Trinajstić information content (AvgIpc) is 3.07. The number of nitrogens with two attached hydrogens (primary N) is 1. The van der Waals surface area contributed by atoms with Crippen LogP contribution in [0.3, 0.4) is 0 Å². The van der Waals surface area contributed by atoms with Gasteiger partial charge >= 0.3 is 0 Å². The SMILES string of the molecule is COc1cc(OC)c(NC(=O)c2cccc(C(=O)Nc3cc(NC(=O)c4ccccc4OC)c(OC)cc3OC)c2OC)cc1N. The molecule has 0 heterocycles. The lowest BCUT2D eigenvalue weighted by Gasteiger charge is -2.18. The van der Waals surface area contributed by atoms with E-state index in [0.29, 0.717) is 22.8 Å². The summed E-state index contributed by atoms with van der Waals surface area (Å²) < 4.78 is 32.4. The normalized spacial score (nSPS) is 10.3. The largest absolute Gasteiger partial charge is 0.496 e. The highest BCUT2D eigenvalue weighted by Crippen LogP contribution is 2.38. The molecule has 240 valence electrons. The van der Waals surface area contributed by atoms with Gasteiger partial charge in [-0.2, -0.15) is 0 Å². The summed E-state index contributed by atoms with van der Waals surface area (Å²) in [5.74, 6) is -0.0626. The number of hydrogen-bond donors (Lipinski definition) is 4. The van der Waals surface area contributed by atoms with E-state index in [1.807, 2.05) is 0 Å². The third kappa shape index (κ3) is 6.83. The van der Waals surface area contributed by atoms with Crippen LogP contribution in [0, 0.1) is 0 Å². The van der Waals surface area contributed by atoms with Crippen molar-refractivity contribution in [1.29, 1.82) is 0 Å². The molecular formula is C33H34N4O9.